The van der Waals surface area contributed by atoms with Crippen LogP contribution in [0.1, 0.15) is 46.2 Å². The van der Waals surface area contributed by atoms with Gasteiger partial charge in [-0.3, -0.25) is 4.79 Å². The van der Waals surface area contributed by atoms with Crippen molar-refractivity contribution < 1.29 is 18.0 Å². The molecular weight excluding hydrogens is 423 g/mol. The highest BCUT2D eigenvalue weighted by Gasteiger charge is 2.34. The monoisotopic (exact) mass is 435 g/mol. The summed E-state index contributed by atoms with van der Waals surface area (Å²) in [5.41, 5.74) is -1.21. The number of nitrogens with zero attached hydrogens (tertiary/aromatic N) is 6. The summed E-state index contributed by atoms with van der Waals surface area (Å²) in [7, 11) is 0. The number of amides is 1. The average Bonchev–Trinajstić information content (AvgIpc) is 3.08. The van der Waals surface area contributed by atoms with E-state index < -0.39 is 29.0 Å². The largest absolute Gasteiger partial charge is 0.433 e. The Hall–Kier alpha value is -3.52. The van der Waals surface area contributed by atoms with E-state index in [1.807, 2.05) is 6.07 Å². The lowest BCUT2D eigenvalue weighted by molar-refractivity contribution is -0.141. The van der Waals surface area contributed by atoms with Gasteiger partial charge in [0.1, 0.15) is 22.7 Å². The Bertz CT molecular complexity index is 1140. The number of nitrogens with one attached hydrogen (secondary N) is 1. The maximum Gasteiger partial charge on any atom is 0.433 e. The molecule has 1 amide bonds. The molecule has 0 saturated heterocycles. The highest BCUT2D eigenvalue weighted by molar-refractivity contribution is 6.29. The fourth-order valence-electron chi connectivity index (χ4n) is 2.58. The third-order valence-electron chi connectivity index (χ3n) is 3.91. The quantitative estimate of drug-likeness (QED) is 0.629. The minimum Gasteiger partial charge on any atom is -0.342 e. The van der Waals surface area contributed by atoms with Gasteiger partial charge >= 0.3 is 6.18 Å². The molecule has 0 fully saturated rings. The van der Waals surface area contributed by atoms with Crippen LogP contribution in [-0.4, -0.2) is 30.6 Å². The van der Waals surface area contributed by atoms with E-state index in [4.69, 9.17) is 16.9 Å². The summed E-state index contributed by atoms with van der Waals surface area (Å²) in [6, 6.07) is 5.97. The number of hydrogen-bond donors (Lipinski definition) is 1. The van der Waals surface area contributed by atoms with Gasteiger partial charge in [-0.05, 0) is 38.1 Å². The van der Waals surface area contributed by atoms with Crippen molar-refractivity contribution in [3.63, 3.8) is 0 Å². The number of pyridine rings is 2. The first kappa shape index (κ1) is 21.2. The van der Waals surface area contributed by atoms with E-state index in [2.05, 4.69) is 25.4 Å². The SMILES string of the molecule is Cc1nc([C@H](C)NC(=O)c2cc(Cl)nc(C(F)(F)F)c2)n(-c2ccc(C#N)cn2)n1. The number of halogens is 4. The number of aromatic nitrogens is 5. The summed E-state index contributed by atoms with van der Waals surface area (Å²) in [4.78, 5) is 24.1. The van der Waals surface area contributed by atoms with Crippen LogP contribution in [0.15, 0.2) is 30.5 Å². The van der Waals surface area contributed by atoms with Crippen molar-refractivity contribution in [2.75, 3.05) is 0 Å². The molecule has 0 radical (unpaired) electrons. The molecule has 154 valence electrons. The van der Waals surface area contributed by atoms with Crippen LogP contribution >= 0.6 is 11.6 Å². The molecule has 0 aromatic carbocycles. The van der Waals surface area contributed by atoms with Gasteiger partial charge in [0.15, 0.2) is 11.6 Å². The Morgan fingerprint density at radius 2 is 2.03 bits per heavy atom. The van der Waals surface area contributed by atoms with Crippen LogP contribution in [0.5, 0.6) is 0 Å². The molecule has 0 unspecified atom stereocenters. The van der Waals surface area contributed by atoms with Crippen molar-refractivity contribution in [3.8, 4) is 11.9 Å². The Kier molecular flexibility index (Phi) is 5.71. The fourth-order valence-corrected chi connectivity index (χ4v) is 2.78. The third kappa shape index (κ3) is 4.55. The molecule has 0 spiro atoms. The van der Waals surface area contributed by atoms with Gasteiger partial charge in [0, 0.05) is 11.8 Å². The number of rotatable bonds is 4. The zero-order chi connectivity index (χ0) is 22.1. The summed E-state index contributed by atoms with van der Waals surface area (Å²) < 4.78 is 40.2. The highest BCUT2D eigenvalue weighted by atomic mass is 35.5. The second-order valence-corrected chi connectivity index (χ2v) is 6.59. The van der Waals surface area contributed by atoms with Crippen molar-refractivity contribution in [2.24, 2.45) is 0 Å². The Morgan fingerprint density at radius 1 is 1.30 bits per heavy atom. The zero-order valence-electron chi connectivity index (χ0n) is 15.6. The summed E-state index contributed by atoms with van der Waals surface area (Å²) in [6.45, 7) is 3.23. The van der Waals surface area contributed by atoms with E-state index in [-0.39, 0.29) is 5.56 Å². The van der Waals surface area contributed by atoms with E-state index in [1.54, 1.807) is 26.0 Å². The fraction of sp³-hybridized carbons (Fsp3) is 0.222. The average molecular weight is 436 g/mol. The predicted octanol–water partition coefficient (Wildman–Crippen LogP) is 3.40. The molecule has 1 atom stereocenters. The maximum absolute atomic E-state index is 12.9. The number of alkyl halides is 3. The second kappa shape index (κ2) is 8.08. The van der Waals surface area contributed by atoms with Gasteiger partial charge in [0.25, 0.3) is 5.91 Å². The van der Waals surface area contributed by atoms with Crippen molar-refractivity contribution in [2.45, 2.75) is 26.1 Å². The van der Waals surface area contributed by atoms with Crippen LogP contribution in [0.3, 0.4) is 0 Å². The van der Waals surface area contributed by atoms with Gasteiger partial charge in [-0.2, -0.15) is 23.1 Å². The van der Waals surface area contributed by atoms with Crippen LogP contribution in [0.4, 0.5) is 13.2 Å². The second-order valence-electron chi connectivity index (χ2n) is 6.20. The molecule has 0 saturated carbocycles. The van der Waals surface area contributed by atoms with Crippen LogP contribution < -0.4 is 5.32 Å². The number of nitriles is 1. The minimum atomic E-state index is -4.75. The molecule has 3 aromatic heterocycles. The molecule has 3 aromatic rings. The van der Waals surface area contributed by atoms with E-state index in [9.17, 15) is 18.0 Å². The highest BCUT2D eigenvalue weighted by Crippen LogP contribution is 2.29. The molecule has 8 nitrogen and oxygen atoms in total. The Labute approximate surface area is 173 Å². The molecule has 1 N–H and O–H groups in total. The third-order valence-corrected chi connectivity index (χ3v) is 4.11. The van der Waals surface area contributed by atoms with Gasteiger partial charge < -0.3 is 5.32 Å². The topological polar surface area (TPSA) is 109 Å². The first-order chi connectivity index (χ1) is 14.1. The summed E-state index contributed by atoms with van der Waals surface area (Å²) >= 11 is 5.64. The first-order valence-corrected chi connectivity index (χ1v) is 8.82. The van der Waals surface area contributed by atoms with Crippen LogP contribution in [0, 0.1) is 18.3 Å². The molecule has 0 aliphatic heterocycles. The Morgan fingerprint density at radius 3 is 2.63 bits per heavy atom. The summed E-state index contributed by atoms with van der Waals surface area (Å²) in [5, 5.41) is 15.2. The molecular formula is C18H13ClF3N7O. The van der Waals surface area contributed by atoms with Gasteiger partial charge in [0.2, 0.25) is 0 Å². The molecule has 12 heteroatoms. The van der Waals surface area contributed by atoms with Crippen molar-refractivity contribution in [1.82, 2.24) is 30.0 Å². The van der Waals surface area contributed by atoms with Crippen LogP contribution in [0.2, 0.25) is 5.15 Å². The first-order valence-electron chi connectivity index (χ1n) is 8.44. The van der Waals surface area contributed by atoms with Crippen LogP contribution in [-0.2, 0) is 6.18 Å². The lowest BCUT2D eigenvalue weighted by Gasteiger charge is -2.15. The maximum atomic E-state index is 12.9. The minimum absolute atomic E-state index is 0.298. The van der Waals surface area contributed by atoms with Crippen molar-refractivity contribution >= 4 is 17.5 Å². The lowest BCUT2D eigenvalue weighted by Crippen LogP contribution is -2.29. The van der Waals surface area contributed by atoms with Gasteiger partial charge in [-0.25, -0.2) is 15.0 Å². The lowest BCUT2D eigenvalue weighted by atomic mass is 10.2. The molecule has 0 bridgehead atoms. The molecule has 3 rings (SSSR count). The summed E-state index contributed by atoms with van der Waals surface area (Å²) in [5.74, 6) is 0.257. The van der Waals surface area contributed by atoms with E-state index in [0.29, 0.717) is 29.1 Å². The molecule has 0 aliphatic carbocycles. The van der Waals surface area contributed by atoms with E-state index in [1.165, 1.54) is 10.9 Å². The van der Waals surface area contributed by atoms with E-state index in [0.717, 1.165) is 6.07 Å². The van der Waals surface area contributed by atoms with Gasteiger partial charge in [0.05, 0.1) is 11.6 Å². The van der Waals surface area contributed by atoms with Gasteiger partial charge in [-0.1, -0.05) is 11.6 Å². The Balaban J connectivity index is 1.88. The molecule has 3 heterocycles. The number of carbonyl (C=O) groups is 1. The summed E-state index contributed by atoms with van der Waals surface area (Å²) in [6.07, 6.45) is -3.39. The van der Waals surface area contributed by atoms with Crippen molar-refractivity contribution in [3.05, 3.63) is 64.1 Å². The number of aryl methyl sites for hydroxylation is 1. The predicted molar refractivity (Wildman–Crippen MR) is 98.7 cm³/mol. The molecule has 30 heavy (non-hydrogen) atoms. The normalized spacial score (nSPS) is 12.3. The van der Waals surface area contributed by atoms with Gasteiger partial charge in [-0.15, -0.1) is 5.10 Å². The smallest absolute Gasteiger partial charge is 0.342 e. The van der Waals surface area contributed by atoms with E-state index >= 15 is 0 Å². The standard InChI is InChI=1S/C18H13ClF3N7O/c1-9(25-17(30)12-5-13(18(20,21)22)27-14(19)6-12)16-26-10(2)28-29(16)15-4-3-11(7-23)8-24-15/h3-6,8-9H,1-2H3,(H,25,30)/t9-/m0/s1. The zero-order valence-corrected chi connectivity index (χ0v) is 16.3. The number of hydrogen-bond acceptors (Lipinski definition) is 6. The van der Waals surface area contributed by atoms with Crippen LogP contribution in [0.25, 0.3) is 5.82 Å². The van der Waals surface area contributed by atoms with Crippen molar-refractivity contribution in [1.29, 1.82) is 5.26 Å². The molecule has 0 aliphatic rings. The number of carbonyl (C=O) groups excluding carboxylic acids is 1.